The molecule has 0 aromatic carbocycles. The molecule has 3 atom stereocenters. The van der Waals surface area contributed by atoms with Gasteiger partial charge in [-0.2, -0.15) is 4.98 Å². The summed E-state index contributed by atoms with van der Waals surface area (Å²) in [5.74, 6) is 1.65. The van der Waals surface area contributed by atoms with Crippen LogP contribution in [0.2, 0.25) is 0 Å². The van der Waals surface area contributed by atoms with Crippen molar-refractivity contribution in [1.82, 2.24) is 15.0 Å². The molecule has 3 heterocycles. The van der Waals surface area contributed by atoms with Gasteiger partial charge in [0.15, 0.2) is 5.82 Å². The topological polar surface area (TPSA) is 88.4 Å². The molecular formula is C13H22N4O2. The van der Waals surface area contributed by atoms with E-state index in [4.69, 9.17) is 15.4 Å². The number of rotatable bonds is 4. The first-order valence-electron chi connectivity index (χ1n) is 7.11. The average Bonchev–Trinajstić information content (AvgIpc) is 2.93. The molecule has 1 aromatic rings. The number of hydrogen-bond acceptors (Lipinski definition) is 6. The minimum atomic E-state index is -0.353. The second-order valence-electron chi connectivity index (χ2n) is 5.83. The quantitative estimate of drug-likeness (QED) is 0.837. The summed E-state index contributed by atoms with van der Waals surface area (Å²) in [5.41, 5.74) is 5.87. The largest absolute Gasteiger partial charge is 0.396 e. The summed E-state index contributed by atoms with van der Waals surface area (Å²) < 4.78 is 5.24. The lowest BCUT2D eigenvalue weighted by Crippen LogP contribution is -2.39. The lowest BCUT2D eigenvalue weighted by Gasteiger charge is -2.34. The summed E-state index contributed by atoms with van der Waals surface area (Å²) in [6.07, 6.45) is 5.25. The Morgan fingerprint density at radius 3 is 2.74 bits per heavy atom. The fourth-order valence-electron chi connectivity index (χ4n) is 3.45. The number of aliphatic hydroxyl groups excluding tert-OH is 1. The van der Waals surface area contributed by atoms with E-state index in [1.807, 2.05) is 0 Å². The van der Waals surface area contributed by atoms with Crippen LogP contribution in [0.3, 0.4) is 0 Å². The molecule has 2 saturated heterocycles. The standard InChI is InChI=1S/C13H22N4O2/c1-17-9-2-3-10(17)7-8(6-9)12-15-13(19-16-12)11(14)4-5-18/h8-11,18H,2-7,14H2,1H3. The summed E-state index contributed by atoms with van der Waals surface area (Å²) in [6, 6.07) is 0.975. The number of aromatic nitrogens is 2. The number of aliphatic hydroxyl groups is 1. The van der Waals surface area contributed by atoms with E-state index >= 15 is 0 Å². The van der Waals surface area contributed by atoms with Crippen molar-refractivity contribution in [2.75, 3.05) is 13.7 Å². The smallest absolute Gasteiger partial charge is 0.243 e. The van der Waals surface area contributed by atoms with Crippen LogP contribution in [-0.4, -0.2) is 45.9 Å². The lowest BCUT2D eigenvalue weighted by atomic mass is 9.90. The zero-order chi connectivity index (χ0) is 13.4. The number of nitrogens with two attached hydrogens (primary N) is 1. The predicted molar refractivity (Wildman–Crippen MR) is 69.5 cm³/mol. The maximum Gasteiger partial charge on any atom is 0.243 e. The Morgan fingerprint density at radius 1 is 1.42 bits per heavy atom. The maximum atomic E-state index is 8.89. The molecule has 2 aliphatic rings. The third-order valence-electron chi connectivity index (χ3n) is 4.68. The van der Waals surface area contributed by atoms with E-state index in [1.54, 1.807) is 0 Å². The van der Waals surface area contributed by atoms with Crippen molar-refractivity contribution in [1.29, 1.82) is 0 Å². The van der Waals surface area contributed by atoms with Gasteiger partial charge in [-0.3, -0.25) is 0 Å². The molecule has 3 N–H and O–H groups in total. The van der Waals surface area contributed by atoms with Crippen LogP contribution in [-0.2, 0) is 0 Å². The van der Waals surface area contributed by atoms with Crippen LogP contribution in [0.5, 0.6) is 0 Å². The molecule has 1 aromatic heterocycles. The highest BCUT2D eigenvalue weighted by atomic mass is 16.5. The summed E-state index contributed by atoms with van der Waals surface area (Å²) in [7, 11) is 2.22. The van der Waals surface area contributed by atoms with Gasteiger partial charge in [-0.1, -0.05) is 5.16 Å². The molecule has 2 aliphatic heterocycles. The van der Waals surface area contributed by atoms with Crippen molar-refractivity contribution in [3.05, 3.63) is 11.7 Å². The van der Waals surface area contributed by atoms with Gasteiger partial charge in [-0.25, -0.2) is 0 Å². The average molecular weight is 266 g/mol. The Morgan fingerprint density at radius 2 is 2.11 bits per heavy atom. The Balaban J connectivity index is 1.70. The van der Waals surface area contributed by atoms with Crippen molar-refractivity contribution in [3.63, 3.8) is 0 Å². The first-order chi connectivity index (χ1) is 9.19. The monoisotopic (exact) mass is 266 g/mol. The van der Waals surface area contributed by atoms with Crippen LogP contribution in [0.4, 0.5) is 0 Å². The molecule has 0 amide bonds. The minimum absolute atomic E-state index is 0.0389. The SMILES string of the molecule is CN1C2CCC1CC(c1noc(C(N)CCO)n1)C2. The van der Waals surface area contributed by atoms with Gasteiger partial charge >= 0.3 is 0 Å². The second kappa shape index (κ2) is 5.19. The molecule has 19 heavy (non-hydrogen) atoms. The van der Waals surface area contributed by atoms with E-state index < -0.39 is 0 Å². The van der Waals surface area contributed by atoms with E-state index in [2.05, 4.69) is 22.1 Å². The van der Waals surface area contributed by atoms with E-state index in [9.17, 15) is 0 Å². The second-order valence-corrected chi connectivity index (χ2v) is 5.83. The van der Waals surface area contributed by atoms with Crippen LogP contribution in [0.1, 0.15) is 55.8 Å². The molecule has 3 unspecified atom stereocenters. The van der Waals surface area contributed by atoms with Crippen molar-refractivity contribution < 1.29 is 9.63 Å². The van der Waals surface area contributed by atoms with Crippen LogP contribution in [0, 0.1) is 0 Å². The summed E-state index contributed by atoms with van der Waals surface area (Å²) in [6.45, 7) is 0.0389. The summed E-state index contributed by atoms with van der Waals surface area (Å²) in [4.78, 5) is 6.94. The third kappa shape index (κ3) is 2.40. The molecule has 0 saturated carbocycles. The molecule has 2 bridgehead atoms. The van der Waals surface area contributed by atoms with Gasteiger partial charge in [0.1, 0.15) is 0 Å². The van der Waals surface area contributed by atoms with Crippen molar-refractivity contribution in [2.24, 2.45) is 5.73 Å². The fraction of sp³-hybridized carbons (Fsp3) is 0.846. The normalized spacial score (nSPS) is 32.7. The highest BCUT2D eigenvalue weighted by molar-refractivity contribution is 5.06. The maximum absolute atomic E-state index is 8.89. The Bertz CT molecular complexity index is 422. The first kappa shape index (κ1) is 13.0. The summed E-state index contributed by atoms with van der Waals surface area (Å²) in [5, 5.41) is 13.0. The van der Waals surface area contributed by atoms with Crippen LogP contribution in [0.15, 0.2) is 4.52 Å². The van der Waals surface area contributed by atoms with Gasteiger partial charge in [0.25, 0.3) is 0 Å². The lowest BCUT2D eigenvalue weighted by molar-refractivity contribution is 0.157. The van der Waals surface area contributed by atoms with Gasteiger partial charge in [0.2, 0.25) is 5.89 Å². The van der Waals surface area contributed by atoms with Crippen LogP contribution < -0.4 is 5.73 Å². The van der Waals surface area contributed by atoms with Crippen LogP contribution in [0.25, 0.3) is 0 Å². The fourth-order valence-corrected chi connectivity index (χ4v) is 3.45. The zero-order valence-electron chi connectivity index (χ0n) is 11.3. The van der Waals surface area contributed by atoms with Gasteiger partial charge in [-0.05, 0) is 39.2 Å². The van der Waals surface area contributed by atoms with Gasteiger partial charge in [0.05, 0.1) is 6.04 Å². The number of hydrogen-bond donors (Lipinski definition) is 2. The highest BCUT2D eigenvalue weighted by Crippen LogP contribution is 2.41. The predicted octanol–water partition coefficient (Wildman–Crippen LogP) is 0.792. The van der Waals surface area contributed by atoms with Gasteiger partial charge in [-0.15, -0.1) is 0 Å². The van der Waals surface area contributed by atoms with E-state index in [0.29, 0.717) is 30.3 Å². The Labute approximate surface area is 113 Å². The molecule has 0 spiro atoms. The van der Waals surface area contributed by atoms with Gasteiger partial charge < -0.3 is 20.3 Å². The molecule has 0 radical (unpaired) electrons. The molecule has 3 rings (SSSR count). The zero-order valence-corrected chi connectivity index (χ0v) is 11.3. The number of nitrogens with zero attached hydrogens (tertiary/aromatic N) is 3. The van der Waals surface area contributed by atoms with E-state index in [-0.39, 0.29) is 12.6 Å². The number of fused-ring (bicyclic) bond motifs is 2. The Kier molecular flexibility index (Phi) is 3.56. The van der Waals surface area contributed by atoms with E-state index in [0.717, 1.165) is 18.7 Å². The molecular weight excluding hydrogens is 244 g/mol. The molecule has 6 heteroatoms. The summed E-state index contributed by atoms with van der Waals surface area (Å²) >= 11 is 0. The number of piperidine rings is 1. The van der Waals surface area contributed by atoms with Crippen LogP contribution >= 0.6 is 0 Å². The van der Waals surface area contributed by atoms with Gasteiger partial charge in [0, 0.05) is 24.6 Å². The highest BCUT2D eigenvalue weighted by Gasteiger charge is 2.40. The molecule has 0 aliphatic carbocycles. The van der Waals surface area contributed by atoms with Crippen molar-refractivity contribution in [3.8, 4) is 0 Å². The third-order valence-corrected chi connectivity index (χ3v) is 4.68. The molecule has 106 valence electrons. The van der Waals surface area contributed by atoms with Crippen molar-refractivity contribution in [2.45, 2.75) is 56.1 Å². The minimum Gasteiger partial charge on any atom is -0.396 e. The van der Waals surface area contributed by atoms with Crippen molar-refractivity contribution >= 4 is 0 Å². The molecule has 2 fully saturated rings. The Hall–Kier alpha value is -0.980. The first-order valence-corrected chi connectivity index (χ1v) is 7.11. The van der Waals surface area contributed by atoms with E-state index in [1.165, 1.54) is 12.8 Å². The molecule has 6 nitrogen and oxygen atoms in total.